The summed E-state index contributed by atoms with van der Waals surface area (Å²) in [7, 11) is 0. The maximum Gasteiger partial charge on any atom is 0.191 e. The minimum absolute atomic E-state index is 0.320. The third-order valence-electron chi connectivity index (χ3n) is 5.32. The molecular formula is C21H42N4O2. The van der Waals surface area contributed by atoms with Crippen molar-refractivity contribution < 1.29 is 9.47 Å². The summed E-state index contributed by atoms with van der Waals surface area (Å²) in [6, 6.07) is 0. The zero-order chi connectivity index (χ0) is 19.2. The molecule has 2 aliphatic heterocycles. The van der Waals surface area contributed by atoms with Gasteiger partial charge in [0, 0.05) is 39.4 Å². The molecule has 6 heteroatoms. The molecule has 2 fully saturated rings. The Hall–Kier alpha value is -0.850. The van der Waals surface area contributed by atoms with Crippen molar-refractivity contribution in [2.75, 3.05) is 59.1 Å². The molecule has 0 amide bonds. The average molecular weight is 383 g/mol. The minimum atomic E-state index is 0.320. The molecule has 2 N–H and O–H groups in total. The van der Waals surface area contributed by atoms with Gasteiger partial charge >= 0.3 is 0 Å². The Morgan fingerprint density at radius 2 is 2.11 bits per heavy atom. The zero-order valence-corrected chi connectivity index (χ0v) is 17.7. The predicted octanol–water partition coefficient (Wildman–Crippen LogP) is 2.64. The number of hydrogen-bond acceptors (Lipinski definition) is 4. The number of unbranched alkanes of at least 4 members (excludes halogenated alkanes) is 1. The van der Waals surface area contributed by atoms with E-state index in [1.54, 1.807) is 0 Å². The molecule has 2 saturated heterocycles. The topological polar surface area (TPSA) is 58.1 Å². The van der Waals surface area contributed by atoms with E-state index in [-0.39, 0.29) is 0 Å². The lowest BCUT2D eigenvalue weighted by Crippen LogP contribution is -2.38. The van der Waals surface area contributed by atoms with Crippen molar-refractivity contribution in [2.24, 2.45) is 10.9 Å². The Balaban J connectivity index is 1.48. The Morgan fingerprint density at radius 3 is 2.89 bits per heavy atom. The first-order chi connectivity index (χ1) is 13.3. The molecule has 0 radical (unpaired) electrons. The van der Waals surface area contributed by atoms with Gasteiger partial charge in [-0.05, 0) is 70.9 Å². The molecule has 6 nitrogen and oxygen atoms in total. The highest BCUT2D eigenvalue weighted by Gasteiger charge is 2.15. The normalized spacial score (nSPS) is 24.3. The molecule has 2 rings (SSSR count). The van der Waals surface area contributed by atoms with Crippen molar-refractivity contribution in [1.29, 1.82) is 0 Å². The summed E-state index contributed by atoms with van der Waals surface area (Å²) in [4.78, 5) is 7.28. The van der Waals surface area contributed by atoms with Crippen LogP contribution in [0.15, 0.2) is 4.99 Å². The maximum atomic E-state index is 5.70. The number of nitrogens with one attached hydrogen (secondary N) is 2. The highest BCUT2D eigenvalue weighted by atomic mass is 16.5. The summed E-state index contributed by atoms with van der Waals surface area (Å²) < 4.78 is 11.3. The summed E-state index contributed by atoms with van der Waals surface area (Å²) >= 11 is 0. The van der Waals surface area contributed by atoms with E-state index in [1.165, 1.54) is 51.7 Å². The third kappa shape index (κ3) is 10.3. The van der Waals surface area contributed by atoms with E-state index in [0.29, 0.717) is 6.10 Å². The Bertz CT molecular complexity index is 400. The monoisotopic (exact) mass is 382 g/mol. The molecule has 0 aliphatic carbocycles. The lowest BCUT2D eigenvalue weighted by molar-refractivity contribution is 0.0171. The molecule has 2 aliphatic rings. The van der Waals surface area contributed by atoms with E-state index >= 15 is 0 Å². The molecule has 0 aromatic heterocycles. The summed E-state index contributed by atoms with van der Waals surface area (Å²) in [5.74, 6) is 1.81. The molecule has 2 atom stereocenters. The Labute approximate surface area is 166 Å². The molecule has 0 aromatic rings. The van der Waals surface area contributed by atoms with Crippen LogP contribution in [-0.2, 0) is 9.47 Å². The Morgan fingerprint density at radius 1 is 1.19 bits per heavy atom. The van der Waals surface area contributed by atoms with Crippen LogP contribution in [0.5, 0.6) is 0 Å². The summed E-state index contributed by atoms with van der Waals surface area (Å²) in [5, 5.41) is 6.79. The number of ether oxygens (including phenoxy) is 2. The van der Waals surface area contributed by atoms with Gasteiger partial charge in [-0.2, -0.15) is 0 Å². The first-order valence-electron chi connectivity index (χ1n) is 11.2. The van der Waals surface area contributed by atoms with E-state index in [9.17, 15) is 0 Å². The summed E-state index contributed by atoms with van der Waals surface area (Å²) in [6.45, 7) is 13.4. The van der Waals surface area contributed by atoms with E-state index < -0.39 is 0 Å². The van der Waals surface area contributed by atoms with Gasteiger partial charge in [0.15, 0.2) is 5.96 Å². The van der Waals surface area contributed by atoms with Gasteiger partial charge in [0.2, 0.25) is 0 Å². The maximum absolute atomic E-state index is 5.70. The van der Waals surface area contributed by atoms with Crippen LogP contribution in [-0.4, -0.2) is 76.1 Å². The standard InChI is InChI=1S/C21H42N4O2/c1-3-22-21(24-12-8-15-26-18-20-10-7-16-27-20)23-11-4-5-13-25-14-6-9-19(2)17-25/h19-20H,3-18H2,1-2H3,(H2,22,23,24). The van der Waals surface area contributed by atoms with E-state index in [0.717, 1.165) is 64.2 Å². The predicted molar refractivity (Wildman–Crippen MR) is 112 cm³/mol. The third-order valence-corrected chi connectivity index (χ3v) is 5.32. The van der Waals surface area contributed by atoms with Gasteiger partial charge in [-0.25, -0.2) is 0 Å². The molecule has 27 heavy (non-hydrogen) atoms. The van der Waals surface area contributed by atoms with Gasteiger partial charge in [-0.1, -0.05) is 6.92 Å². The molecule has 2 heterocycles. The molecule has 2 unspecified atom stereocenters. The van der Waals surface area contributed by atoms with Crippen LogP contribution in [0.2, 0.25) is 0 Å². The Kier molecular flexibility index (Phi) is 11.8. The molecule has 0 saturated carbocycles. The van der Waals surface area contributed by atoms with Crippen molar-refractivity contribution >= 4 is 5.96 Å². The zero-order valence-electron chi connectivity index (χ0n) is 17.7. The minimum Gasteiger partial charge on any atom is -0.379 e. The van der Waals surface area contributed by atoms with Gasteiger partial charge in [-0.15, -0.1) is 0 Å². The second-order valence-electron chi connectivity index (χ2n) is 8.01. The van der Waals surface area contributed by atoms with Crippen LogP contribution in [0.1, 0.15) is 58.8 Å². The molecule has 0 aromatic carbocycles. The number of aliphatic imine (C=N–C) groups is 1. The number of guanidine groups is 1. The molecule has 0 spiro atoms. The first kappa shape index (κ1) is 22.4. The highest BCUT2D eigenvalue weighted by Crippen LogP contribution is 2.15. The number of nitrogens with zero attached hydrogens (tertiary/aromatic N) is 2. The van der Waals surface area contributed by atoms with Crippen molar-refractivity contribution in [2.45, 2.75) is 64.9 Å². The van der Waals surface area contributed by atoms with Crippen LogP contribution in [0.4, 0.5) is 0 Å². The van der Waals surface area contributed by atoms with Crippen LogP contribution in [0, 0.1) is 5.92 Å². The highest BCUT2D eigenvalue weighted by molar-refractivity contribution is 5.79. The molecule has 0 bridgehead atoms. The van der Waals surface area contributed by atoms with E-state index in [4.69, 9.17) is 9.47 Å². The quantitative estimate of drug-likeness (QED) is 0.309. The fourth-order valence-electron chi connectivity index (χ4n) is 3.85. The fourth-order valence-corrected chi connectivity index (χ4v) is 3.85. The van der Waals surface area contributed by atoms with Gasteiger partial charge < -0.3 is 25.0 Å². The van der Waals surface area contributed by atoms with Crippen LogP contribution in [0.3, 0.4) is 0 Å². The summed E-state index contributed by atoms with van der Waals surface area (Å²) in [5.41, 5.74) is 0. The number of likely N-dealkylation sites (tertiary alicyclic amines) is 1. The number of piperidine rings is 1. The average Bonchev–Trinajstić information content (AvgIpc) is 3.17. The van der Waals surface area contributed by atoms with Crippen molar-refractivity contribution in [3.8, 4) is 0 Å². The van der Waals surface area contributed by atoms with Crippen LogP contribution < -0.4 is 10.6 Å². The van der Waals surface area contributed by atoms with E-state index in [1.807, 2.05) is 0 Å². The SMILES string of the molecule is CCNC(=NCCCOCC1CCCO1)NCCCCN1CCCC(C)C1. The van der Waals surface area contributed by atoms with Crippen molar-refractivity contribution in [1.82, 2.24) is 15.5 Å². The van der Waals surface area contributed by atoms with Gasteiger partial charge in [0.05, 0.1) is 12.7 Å². The lowest BCUT2D eigenvalue weighted by Gasteiger charge is -2.30. The summed E-state index contributed by atoms with van der Waals surface area (Å²) in [6.07, 6.45) is 8.82. The van der Waals surface area contributed by atoms with E-state index in [2.05, 4.69) is 34.4 Å². The first-order valence-corrected chi connectivity index (χ1v) is 11.2. The second-order valence-corrected chi connectivity index (χ2v) is 8.01. The van der Waals surface area contributed by atoms with Crippen molar-refractivity contribution in [3.63, 3.8) is 0 Å². The number of rotatable bonds is 12. The van der Waals surface area contributed by atoms with Crippen LogP contribution >= 0.6 is 0 Å². The van der Waals surface area contributed by atoms with Crippen LogP contribution in [0.25, 0.3) is 0 Å². The smallest absolute Gasteiger partial charge is 0.191 e. The molecular weight excluding hydrogens is 340 g/mol. The van der Waals surface area contributed by atoms with Crippen molar-refractivity contribution in [3.05, 3.63) is 0 Å². The number of hydrogen-bond donors (Lipinski definition) is 2. The molecule has 158 valence electrons. The van der Waals surface area contributed by atoms with Gasteiger partial charge in [0.25, 0.3) is 0 Å². The lowest BCUT2D eigenvalue weighted by atomic mass is 10.0. The second kappa shape index (κ2) is 14.2. The van der Waals surface area contributed by atoms with Gasteiger partial charge in [0.1, 0.15) is 0 Å². The largest absolute Gasteiger partial charge is 0.379 e. The fraction of sp³-hybridized carbons (Fsp3) is 0.952. The van der Waals surface area contributed by atoms with Gasteiger partial charge in [-0.3, -0.25) is 4.99 Å².